The van der Waals surface area contributed by atoms with Crippen LogP contribution >= 0.6 is 15.9 Å². The lowest BCUT2D eigenvalue weighted by atomic mass is 10.1. The lowest BCUT2D eigenvalue weighted by Crippen LogP contribution is -2.14. The molecule has 0 aliphatic rings. The van der Waals surface area contributed by atoms with Crippen LogP contribution in [0.15, 0.2) is 76.8 Å². The van der Waals surface area contributed by atoms with Gasteiger partial charge in [-0.25, -0.2) is 0 Å². The van der Waals surface area contributed by atoms with Gasteiger partial charge in [-0.05, 0) is 55.3 Å². The minimum Gasteiger partial charge on any atom is -0.488 e. The van der Waals surface area contributed by atoms with Crippen LogP contribution in [0.3, 0.4) is 0 Å². The number of hydrogen-bond donors (Lipinski definition) is 1. The Bertz CT molecular complexity index is 1130. The second kappa shape index (κ2) is 9.91. The number of nitrogens with zero attached hydrogens (tertiary/aromatic N) is 1. The van der Waals surface area contributed by atoms with E-state index in [2.05, 4.69) is 21.2 Å². The third kappa shape index (κ3) is 5.59. The quantitative estimate of drug-likeness (QED) is 0.352. The number of anilines is 1. The van der Waals surface area contributed by atoms with Crippen molar-refractivity contribution >= 4 is 33.6 Å². The van der Waals surface area contributed by atoms with E-state index < -0.39 is 5.91 Å². The fourth-order valence-corrected chi connectivity index (χ4v) is 3.33. The number of nitrogens with one attached hydrogen (secondary N) is 1. The van der Waals surface area contributed by atoms with Gasteiger partial charge in [-0.15, -0.1) is 0 Å². The summed E-state index contributed by atoms with van der Waals surface area (Å²) in [6.45, 7) is 4.30. The van der Waals surface area contributed by atoms with Gasteiger partial charge < -0.3 is 10.1 Å². The number of rotatable bonds is 6. The highest BCUT2D eigenvalue weighted by atomic mass is 79.9. The van der Waals surface area contributed by atoms with Crippen LogP contribution in [0.5, 0.6) is 5.75 Å². The van der Waals surface area contributed by atoms with Crippen molar-refractivity contribution < 1.29 is 9.53 Å². The molecule has 0 bridgehead atoms. The molecule has 150 valence electrons. The molecule has 1 N–H and O–H groups in total. The van der Waals surface area contributed by atoms with Gasteiger partial charge in [0.2, 0.25) is 0 Å². The number of nitriles is 1. The van der Waals surface area contributed by atoms with E-state index in [1.54, 1.807) is 6.08 Å². The Kier molecular flexibility index (Phi) is 7.05. The van der Waals surface area contributed by atoms with Crippen LogP contribution in [0.1, 0.15) is 22.3 Å². The molecule has 3 aromatic carbocycles. The first kappa shape index (κ1) is 21.4. The van der Waals surface area contributed by atoms with Gasteiger partial charge in [0.05, 0.1) is 0 Å². The maximum atomic E-state index is 12.7. The van der Waals surface area contributed by atoms with Crippen molar-refractivity contribution in [2.24, 2.45) is 0 Å². The molecule has 0 atom stereocenters. The van der Waals surface area contributed by atoms with E-state index in [-0.39, 0.29) is 5.57 Å². The van der Waals surface area contributed by atoms with Crippen molar-refractivity contribution in [2.75, 3.05) is 5.32 Å². The summed E-state index contributed by atoms with van der Waals surface area (Å²) < 4.78 is 6.77. The van der Waals surface area contributed by atoms with Crippen LogP contribution < -0.4 is 10.1 Å². The number of carbonyl (C=O) groups is 1. The van der Waals surface area contributed by atoms with Crippen molar-refractivity contribution in [3.8, 4) is 11.8 Å². The van der Waals surface area contributed by atoms with Crippen LogP contribution in [0, 0.1) is 25.2 Å². The topological polar surface area (TPSA) is 62.1 Å². The molecule has 0 unspecified atom stereocenters. The normalized spacial score (nSPS) is 10.9. The standard InChI is InChI=1S/C25H21BrN2O2/c1-17-8-10-23(18(2)12-17)28-25(29)21(15-27)13-20-14-22(26)9-11-24(20)30-16-19-6-4-3-5-7-19/h3-14H,16H2,1-2H3,(H,28,29)/b21-13+. The fraction of sp³-hybridized carbons (Fsp3) is 0.120. The van der Waals surface area contributed by atoms with Gasteiger partial charge in [-0.3, -0.25) is 4.79 Å². The summed E-state index contributed by atoms with van der Waals surface area (Å²) >= 11 is 3.44. The third-order valence-electron chi connectivity index (χ3n) is 4.50. The number of benzene rings is 3. The molecule has 0 saturated carbocycles. The Morgan fingerprint density at radius 1 is 1.10 bits per heavy atom. The molecule has 0 radical (unpaired) electrons. The van der Waals surface area contributed by atoms with Crippen molar-refractivity contribution in [2.45, 2.75) is 20.5 Å². The van der Waals surface area contributed by atoms with E-state index >= 15 is 0 Å². The molecular formula is C25H21BrN2O2. The molecule has 0 aliphatic carbocycles. The van der Waals surface area contributed by atoms with E-state index in [4.69, 9.17) is 4.74 Å². The Morgan fingerprint density at radius 3 is 2.57 bits per heavy atom. The van der Waals surface area contributed by atoms with E-state index in [9.17, 15) is 10.1 Å². The summed E-state index contributed by atoms with van der Waals surface area (Å²) in [7, 11) is 0. The monoisotopic (exact) mass is 460 g/mol. The lowest BCUT2D eigenvalue weighted by molar-refractivity contribution is -0.112. The van der Waals surface area contributed by atoms with Gasteiger partial charge in [0.15, 0.2) is 0 Å². The summed E-state index contributed by atoms with van der Waals surface area (Å²) in [6, 6.07) is 23.0. The number of amides is 1. The number of hydrogen-bond acceptors (Lipinski definition) is 3. The number of carbonyl (C=O) groups excluding carboxylic acids is 1. The molecule has 0 fully saturated rings. The average molecular weight is 461 g/mol. The van der Waals surface area contributed by atoms with E-state index in [1.165, 1.54) is 0 Å². The average Bonchev–Trinajstić information content (AvgIpc) is 2.74. The molecule has 0 saturated heterocycles. The van der Waals surface area contributed by atoms with Crippen molar-refractivity contribution in [1.29, 1.82) is 5.26 Å². The summed E-state index contributed by atoms with van der Waals surface area (Å²) in [6.07, 6.45) is 1.55. The first-order valence-corrected chi connectivity index (χ1v) is 10.2. The Labute approximate surface area is 184 Å². The van der Waals surface area contributed by atoms with Crippen LogP contribution in [-0.2, 0) is 11.4 Å². The second-order valence-electron chi connectivity index (χ2n) is 6.90. The number of halogens is 1. The second-order valence-corrected chi connectivity index (χ2v) is 7.81. The predicted molar refractivity (Wildman–Crippen MR) is 123 cm³/mol. The van der Waals surface area contributed by atoms with Gasteiger partial charge in [0, 0.05) is 15.7 Å². The number of aryl methyl sites for hydroxylation is 2. The highest BCUT2D eigenvalue weighted by Gasteiger charge is 2.13. The summed E-state index contributed by atoms with van der Waals surface area (Å²) in [4.78, 5) is 12.7. The first-order chi connectivity index (χ1) is 14.5. The Hall–Kier alpha value is -3.36. The van der Waals surface area contributed by atoms with Gasteiger partial charge in [0.1, 0.15) is 24.0 Å². The molecule has 30 heavy (non-hydrogen) atoms. The van der Waals surface area contributed by atoms with Crippen LogP contribution in [0.25, 0.3) is 6.08 Å². The highest BCUT2D eigenvalue weighted by molar-refractivity contribution is 9.10. The van der Waals surface area contributed by atoms with Crippen LogP contribution in [-0.4, -0.2) is 5.91 Å². The first-order valence-electron chi connectivity index (χ1n) is 9.43. The predicted octanol–water partition coefficient (Wildman–Crippen LogP) is 6.19. The zero-order valence-corrected chi connectivity index (χ0v) is 18.4. The highest BCUT2D eigenvalue weighted by Crippen LogP contribution is 2.27. The van der Waals surface area contributed by atoms with Crippen molar-refractivity contribution in [3.63, 3.8) is 0 Å². The maximum Gasteiger partial charge on any atom is 0.266 e. The largest absolute Gasteiger partial charge is 0.488 e. The van der Waals surface area contributed by atoms with Gasteiger partial charge in [0.25, 0.3) is 5.91 Å². The van der Waals surface area contributed by atoms with Gasteiger partial charge >= 0.3 is 0 Å². The van der Waals surface area contributed by atoms with Gasteiger partial charge in [-0.1, -0.05) is 64.0 Å². The SMILES string of the molecule is Cc1ccc(NC(=O)/C(C#N)=C/c2cc(Br)ccc2OCc2ccccc2)c(C)c1. The molecule has 0 heterocycles. The Balaban J connectivity index is 1.84. The smallest absolute Gasteiger partial charge is 0.266 e. The zero-order valence-electron chi connectivity index (χ0n) is 16.8. The molecule has 1 amide bonds. The summed E-state index contributed by atoms with van der Waals surface area (Å²) in [5.74, 6) is 0.132. The Morgan fingerprint density at radius 2 is 1.87 bits per heavy atom. The van der Waals surface area contributed by atoms with Crippen LogP contribution in [0.2, 0.25) is 0 Å². The van der Waals surface area contributed by atoms with Crippen molar-refractivity contribution in [3.05, 3.63) is 99.0 Å². The molecule has 3 rings (SSSR count). The van der Waals surface area contributed by atoms with Crippen LogP contribution in [0.4, 0.5) is 5.69 Å². The number of ether oxygens (including phenoxy) is 1. The van der Waals surface area contributed by atoms with Gasteiger partial charge in [-0.2, -0.15) is 5.26 Å². The zero-order chi connectivity index (χ0) is 21.5. The molecular weight excluding hydrogens is 440 g/mol. The minimum atomic E-state index is -0.460. The molecule has 0 spiro atoms. The van der Waals surface area contributed by atoms with Crippen molar-refractivity contribution in [1.82, 2.24) is 0 Å². The van der Waals surface area contributed by atoms with E-state index in [0.717, 1.165) is 21.2 Å². The summed E-state index contributed by atoms with van der Waals surface area (Å²) in [5.41, 5.74) is 4.40. The fourth-order valence-electron chi connectivity index (χ4n) is 2.95. The molecule has 3 aromatic rings. The molecule has 0 aromatic heterocycles. The van der Waals surface area contributed by atoms with E-state index in [1.807, 2.05) is 86.6 Å². The molecule has 5 heteroatoms. The molecule has 0 aliphatic heterocycles. The lowest BCUT2D eigenvalue weighted by Gasteiger charge is -2.11. The minimum absolute atomic E-state index is 0.00219. The maximum absolute atomic E-state index is 12.7. The summed E-state index contributed by atoms with van der Waals surface area (Å²) in [5, 5.41) is 12.4. The molecule has 4 nitrogen and oxygen atoms in total. The third-order valence-corrected chi connectivity index (χ3v) is 5.00. The van der Waals surface area contributed by atoms with E-state index in [0.29, 0.717) is 23.6 Å².